The number of aliphatic carboxylic acids is 1. The standard InChI is InChI=1S/C18H13F3N2O3S/c1-10(16(25)26)23-13-7-2-3-8-14(13)27-17(23)22-15(24)11-5-4-6-12(9-11)18(19,20)21/h2-10H,1H3,(H,25,26)/b22-17-. The molecule has 3 rings (SSSR count). The van der Waals surface area contributed by atoms with Gasteiger partial charge in [-0.15, -0.1) is 0 Å². The molecule has 0 saturated heterocycles. The predicted octanol–water partition coefficient (Wildman–Crippen LogP) is 4.11. The SMILES string of the molecule is CC(C(=O)O)n1/c(=N/C(=O)c2cccc(C(F)(F)F)c2)sc2ccccc21. The summed E-state index contributed by atoms with van der Waals surface area (Å²) in [5, 5.41) is 9.35. The highest BCUT2D eigenvalue weighted by Crippen LogP contribution is 2.29. The van der Waals surface area contributed by atoms with Crippen LogP contribution in [0.4, 0.5) is 13.2 Å². The van der Waals surface area contributed by atoms with Crippen LogP contribution in [-0.4, -0.2) is 21.6 Å². The number of fused-ring (bicyclic) bond motifs is 1. The Bertz CT molecular complexity index is 1100. The molecule has 140 valence electrons. The van der Waals surface area contributed by atoms with Crippen LogP contribution in [0.5, 0.6) is 0 Å². The van der Waals surface area contributed by atoms with Gasteiger partial charge in [0.05, 0.1) is 15.8 Å². The molecular weight excluding hydrogens is 381 g/mol. The molecule has 3 aromatic rings. The van der Waals surface area contributed by atoms with Crippen molar-refractivity contribution in [1.29, 1.82) is 0 Å². The predicted molar refractivity (Wildman–Crippen MR) is 93.5 cm³/mol. The number of amides is 1. The largest absolute Gasteiger partial charge is 0.480 e. The van der Waals surface area contributed by atoms with Crippen molar-refractivity contribution in [2.75, 3.05) is 0 Å². The first-order valence-corrected chi connectivity index (χ1v) is 8.59. The lowest BCUT2D eigenvalue weighted by Crippen LogP contribution is -2.25. The van der Waals surface area contributed by atoms with Crippen molar-refractivity contribution in [3.05, 3.63) is 64.5 Å². The van der Waals surface area contributed by atoms with E-state index in [0.29, 0.717) is 10.2 Å². The quantitative estimate of drug-likeness (QED) is 0.727. The van der Waals surface area contributed by atoms with Crippen LogP contribution < -0.4 is 4.80 Å². The van der Waals surface area contributed by atoms with Gasteiger partial charge in [0.1, 0.15) is 6.04 Å². The summed E-state index contributed by atoms with van der Waals surface area (Å²) in [6.07, 6.45) is -4.58. The number of hydrogen-bond donors (Lipinski definition) is 1. The number of carboxylic acids is 1. The zero-order chi connectivity index (χ0) is 19.8. The number of carboxylic acid groups (broad SMARTS) is 1. The molecule has 5 nitrogen and oxygen atoms in total. The number of nitrogens with zero attached hydrogens (tertiary/aromatic N) is 2. The molecule has 27 heavy (non-hydrogen) atoms. The number of carbonyl (C=O) groups excluding carboxylic acids is 1. The first-order valence-electron chi connectivity index (χ1n) is 7.77. The third-order valence-corrected chi connectivity index (χ3v) is 4.95. The fourth-order valence-corrected chi connectivity index (χ4v) is 3.63. The van der Waals surface area contributed by atoms with E-state index in [4.69, 9.17) is 0 Å². The van der Waals surface area contributed by atoms with Gasteiger partial charge in [-0.2, -0.15) is 18.2 Å². The molecule has 9 heteroatoms. The molecular formula is C18H13F3N2O3S. The lowest BCUT2D eigenvalue weighted by Gasteiger charge is -2.10. The lowest BCUT2D eigenvalue weighted by molar-refractivity contribution is -0.140. The number of para-hydroxylation sites is 1. The molecule has 1 heterocycles. The summed E-state index contributed by atoms with van der Waals surface area (Å²) in [6.45, 7) is 1.44. The maximum Gasteiger partial charge on any atom is 0.416 e. The van der Waals surface area contributed by atoms with Crippen LogP contribution in [0.15, 0.2) is 53.5 Å². The summed E-state index contributed by atoms with van der Waals surface area (Å²) in [4.78, 5) is 27.9. The van der Waals surface area contributed by atoms with E-state index in [1.165, 1.54) is 17.6 Å². The van der Waals surface area contributed by atoms with Crippen molar-refractivity contribution in [2.45, 2.75) is 19.1 Å². The molecule has 1 atom stereocenters. The Labute approximate surface area is 155 Å². The zero-order valence-corrected chi connectivity index (χ0v) is 14.7. The van der Waals surface area contributed by atoms with Gasteiger partial charge in [-0.05, 0) is 37.3 Å². The molecule has 1 aromatic heterocycles. The molecule has 0 saturated carbocycles. The van der Waals surface area contributed by atoms with Gasteiger partial charge < -0.3 is 9.67 Å². The van der Waals surface area contributed by atoms with Crippen molar-refractivity contribution in [3.63, 3.8) is 0 Å². The minimum absolute atomic E-state index is 0.105. The van der Waals surface area contributed by atoms with E-state index in [2.05, 4.69) is 4.99 Å². The Morgan fingerprint density at radius 2 is 1.85 bits per heavy atom. The molecule has 0 spiro atoms. The van der Waals surface area contributed by atoms with Crippen molar-refractivity contribution in [1.82, 2.24) is 4.57 Å². The normalized spacial score (nSPS) is 13.7. The van der Waals surface area contributed by atoms with Crippen LogP contribution in [0.3, 0.4) is 0 Å². The number of carbonyl (C=O) groups is 2. The fraction of sp³-hybridized carbons (Fsp3) is 0.167. The molecule has 0 fully saturated rings. The van der Waals surface area contributed by atoms with E-state index in [0.717, 1.165) is 29.5 Å². The van der Waals surface area contributed by atoms with Gasteiger partial charge in [0.2, 0.25) is 0 Å². The highest BCUT2D eigenvalue weighted by atomic mass is 32.1. The van der Waals surface area contributed by atoms with E-state index < -0.39 is 29.7 Å². The van der Waals surface area contributed by atoms with Crippen molar-refractivity contribution in [2.24, 2.45) is 4.99 Å². The topological polar surface area (TPSA) is 71.7 Å². The number of benzene rings is 2. The number of hydrogen-bond acceptors (Lipinski definition) is 3. The second kappa shape index (κ2) is 6.99. The molecule has 1 amide bonds. The summed E-state index contributed by atoms with van der Waals surface area (Å²) in [6, 6.07) is 9.87. The first-order chi connectivity index (χ1) is 12.7. The number of halogens is 3. The highest BCUT2D eigenvalue weighted by Gasteiger charge is 2.31. The third-order valence-electron chi connectivity index (χ3n) is 3.91. The number of rotatable bonds is 3. The Balaban J connectivity index is 2.15. The summed E-state index contributed by atoms with van der Waals surface area (Å²) in [5.74, 6) is -1.99. The first kappa shape index (κ1) is 18.8. The van der Waals surface area contributed by atoms with E-state index >= 15 is 0 Å². The van der Waals surface area contributed by atoms with Gasteiger partial charge in [0.15, 0.2) is 4.80 Å². The Morgan fingerprint density at radius 1 is 1.15 bits per heavy atom. The molecule has 0 radical (unpaired) electrons. The summed E-state index contributed by atoms with van der Waals surface area (Å²) in [7, 11) is 0. The minimum Gasteiger partial charge on any atom is -0.480 e. The van der Waals surface area contributed by atoms with Crippen molar-refractivity contribution < 1.29 is 27.9 Å². The van der Waals surface area contributed by atoms with Crippen LogP contribution in [0, 0.1) is 0 Å². The average molecular weight is 394 g/mol. The maximum atomic E-state index is 12.8. The smallest absolute Gasteiger partial charge is 0.416 e. The molecule has 0 aliphatic carbocycles. The molecule has 0 bridgehead atoms. The van der Waals surface area contributed by atoms with Gasteiger partial charge in [-0.3, -0.25) is 4.79 Å². The molecule has 1 N–H and O–H groups in total. The second-order valence-electron chi connectivity index (χ2n) is 5.73. The van der Waals surface area contributed by atoms with Gasteiger partial charge >= 0.3 is 12.1 Å². The van der Waals surface area contributed by atoms with Crippen LogP contribution in [0.1, 0.15) is 28.9 Å². The van der Waals surface area contributed by atoms with Crippen LogP contribution >= 0.6 is 11.3 Å². The Hall–Kier alpha value is -2.94. The lowest BCUT2D eigenvalue weighted by atomic mass is 10.1. The van der Waals surface area contributed by atoms with E-state index in [1.54, 1.807) is 24.3 Å². The Morgan fingerprint density at radius 3 is 2.52 bits per heavy atom. The molecule has 2 aromatic carbocycles. The van der Waals surface area contributed by atoms with E-state index in [1.807, 2.05) is 0 Å². The second-order valence-corrected chi connectivity index (χ2v) is 6.74. The third kappa shape index (κ3) is 3.77. The van der Waals surface area contributed by atoms with Gasteiger partial charge in [0, 0.05) is 5.56 Å². The van der Waals surface area contributed by atoms with Crippen LogP contribution in [-0.2, 0) is 11.0 Å². The van der Waals surface area contributed by atoms with Gasteiger partial charge in [0.25, 0.3) is 5.91 Å². The molecule has 0 aliphatic rings. The van der Waals surface area contributed by atoms with E-state index in [9.17, 15) is 27.9 Å². The monoisotopic (exact) mass is 394 g/mol. The molecule has 1 unspecified atom stereocenters. The van der Waals surface area contributed by atoms with Crippen molar-refractivity contribution >= 4 is 33.4 Å². The Kier molecular flexibility index (Phi) is 4.88. The van der Waals surface area contributed by atoms with Crippen molar-refractivity contribution in [3.8, 4) is 0 Å². The minimum atomic E-state index is -4.58. The summed E-state index contributed by atoms with van der Waals surface area (Å²) >= 11 is 1.09. The number of alkyl halides is 3. The fourth-order valence-electron chi connectivity index (χ4n) is 2.53. The summed E-state index contributed by atoms with van der Waals surface area (Å²) < 4.78 is 40.6. The van der Waals surface area contributed by atoms with Crippen LogP contribution in [0.2, 0.25) is 0 Å². The molecule has 0 aliphatic heterocycles. The highest BCUT2D eigenvalue weighted by molar-refractivity contribution is 7.16. The summed E-state index contributed by atoms with van der Waals surface area (Å²) in [5.41, 5.74) is -0.600. The zero-order valence-electron chi connectivity index (χ0n) is 13.9. The van der Waals surface area contributed by atoms with E-state index in [-0.39, 0.29) is 10.4 Å². The van der Waals surface area contributed by atoms with Gasteiger partial charge in [-0.25, -0.2) is 4.79 Å². The van der Waals surface area contributed by atoms with Crippen LogP contribution in [0.25, 0.3) is 10.2 Å². The average Bonchev–Trinajstić information content (AvgIpc) is 2.98. The number of thiazole rings is 1. The number of aromatic nitrogens is 1. The maximum absolute atomic E-state index is 12.8. The van der Waals surface area contributed by atoms with Gasteiger partial charge in [-0.1, -0.05) is 29.5 Å².